The van der Waals surface area contributed by atoms with Crippen LogP contribution in [0.4, 0.5) is 11.5 Å². The fourth-order valence-corrected chi connectivity index (χ4v) is 2.74. The highest BCUT2D eigenvalue weighted by molar-refractivity contribution is 5.47. The highest BCUT2D eigenvalue weighted by atomic mass is 16.6. The van der Waals surface area contributed by atoms with E-state index in [1.165, 1.54) is 24.6 Å². The third kappa shape index (κ3) is 3.24. The third-order valence-corrected chi connectivity index (χ3v) is 4.30. The molecule has 3 rings (SSSR count). The van der Waals surface area contributed by atoms with Crippen molar-refractivity contribution >= 4 is 11.5 Å². The van der Waals surface area contributed by atoms with Gasteiger partial charge in [0.2, 0.25) is 0 Å². The van der Waals surface area contributed by atoms with Crippen LogP contribution in [0.2, 0.25) is 0 Å². The predicted molar refractivity (Wildman–Crippen MR) is 85.9 cm³/mol. The second-order valence-corrected chi connectivity index (χ2v) is 6.13. The molecule has 1 aliphatic rings. The number of pyridine rings is 1. The van der Waals surface area contributed by atoms with Crippen LogP contribution in [0.5, 0.6) is 0 Å². The Morgan fingerprint density at radius 3 is 2.64 bits per heavy atom. The molecule has 0 saturated heterocycles. The maximum absolute atomic E-state index is 10.8. The maximum Gasteiger partial charge on any atom is 0.290 e. The van der Waals surface area contributed by atoms with Gasteiger partial charge in [-0.25, -0.2) is 4.98 Å². The van der Waals surface area contributed by atoms with Crippen molar-refractivity contribution in [2.45, 2.75) is 26.2 Å². The molecule has 0 unspecified atom stereocenters. The lowest BCUT2D eigenvalue weighted by atomic mass is 9.96. The van der Waals surface area contributed by atoms with E-state index in [4.69, 9.17) is 0 Å². The third-order valence-electron chi connectivity index (χ3n) is 4.30. The van der Waals surface area contributed by atoms with Crippen LogP contribution in [0.1, 0.15) is 24.0 Å². The summed E-state index contributed by atoms with van der Waals surface area (Å²) >= 11 is 0. The van der Waals surface area contributed by atoms with Crippen LogP contribution in [0.3, 0.4) is 0 Å². The second kappa shape index (κ2) is 5.75. The van der Waals surface area contributed by atoms with Gasteiger partial charge in [-0.05, 0) is 43.2 Å². The Hall–Kier alpha value is -2.43. The second-order valence-electron chi connectivity index (χ2n) is 6.13. The zero-order chi connectivity index (χ0) is 15.6. The Labute approximate surface area is 129 Å². The predicted octanol–water partition coefficient (Wildman–Crippen LogP) is 3.73. The first kappa shape index (κ1) is 14.5. The van der Waals surface area contributed by atoms with E-state index < -0.39 is 4.92 Å². The van der Waals surface area contributed by atoms with Gasteiger partial charge in [-0.3, -0.25) is 10.1 Å². The van der Waals surface area contributed by atoms with Crippen molar-refractivity contribution in [2.24, 2.45) is 5.41 Å². The number of nitrogens with zero attached hydrogens (tertiary/aromatic N) is 2. The molecule has 114 valence electrons. The van der Waals surface area contributed by atoms with Crippen molar-refractivity contribution in [2.75, 3.05) is 11.9 Å². The molecule has 1 heterocycles. The molecule has 0 radical (unpaired) electrons. The molecule has 0 bridgehead atoms. The van der Waals surface area contributed by atoms with Crippen LogP contribution >= 0.6 is 0 Å². The van der Waals surface area contributed by atoms with Crippen molar-refractivity contribution in [1.82, 2.24) is 4.98 Å². The van der Waals surface area contributed by atoms with Crippen LogP contribution in [0.25, 0.3) is 0 Å². The molecule has 0 aliphatic heterocycles. The number of nitrogens with one attached hydrogen (secondary N) is 1. The van der Waals surface area contributed by atoms with E-state index in [1.54, 1.807) is 13.0 Å². The standard InChI is InChI=1S/C17H19N3O2/c1-13-9-16(18-11-15(13)20(21)22)19-12-17(7-8-17)10-14-5-3-2-4-6-14/h2-6,9,11H,7-8,10,12H2,1H3,(H,18,19). The van der Waals surface area contributed by atoms with Crippen LogP contribution < -0.4 is 5.32 Å². The molecule has 0 atom stereocenters. The van der Waals surface area contributed by atoms with E-state index >= 15 is 0 Å². The molecule has 5 nitrogen and oxygen atoms in total. The fourth-order valence-electron chi connectivity index (χ4n) is 2.74. The lowest BCUT2D eigenvalue weighted by Crippen LogP contribution is -2.18. The molecule has 1 aromatic heterocycles. The van der Waals surface area contributed by atoms with Crippen LogP contribution in [-0.4, -0.2) is 16.5 Å². The summed E-state index contributed by atoms with van der Waals surface area (Å²) < 4.78 is 0. The minimum absolute atomic E-state index is 0.0657. The number of hydrogen-bond donors (Lipinski definition) is 1. The van der Waals surface area contributed by atoms with E-state index in [2.05, 4.69) is 34.6 Å². The number of rotatable bonds is 6. The van der Waals surface area contributed by atoms with E-state index in [9.17, 15) is 10.1 Å². The molecule has 5 heteroatoms. The fraction of sp³-hybridized carbons (Fsp3) is 0.353. The monoisotopic (exact) mass is 297 g/mol. The molecule has 0 amide bonds. The van der Waals surface area contributed by atoms with Crippen LogP contribution in [0.15, 0.2) is 42.6 Å². The van der Waals surface area contributed by atoms with Gasteiger partial charge >= 0.3 is 0 Å². The summed E-state index contributed by atoms with van der Waals surface area (Å²) in [4.78, 5) is 14.6. The molecule has 1 N–H and O–H groups in total. The van der Waals surface area contributed by atoms with E-state index in [1.807, 2.05) is 6.07 Å². The van der Waals surface area contributed by atoms with E-state index in [0.717, 1.165) is 13.0 Å². The zero-order valence-electron chi connectivity index (χ0n) is 12.6. The molecule has 1 aromatic carbocycles. The van der Waals surface area contributed by atoms with Gasteiger partial charge < -0.3 is 5.32 Å². The van der Waals surface area contributed by atoms with E-state index in [0.29, 0.717) is 16.8 Å². The highest BCUT2D eigenvalue weighted by Gasteiger charge is 2.42. The van der Waals surface area contributed by atoms with Crippen LogP contribution in [-0.2, 0) is 6.42 Å². The zero-order valence-corrected chi connectivity index (χ0v) is 12.6. The summed E-state index contributed by atoms with van der Waals surface area (Å²) in [6.07, 6.45) is 4.81. The van der Waals surface area contributed by atoms with Gasteiger partial charge in [0.25, 0.3) is 5.69 Å². The van der Waals surface area contributed by atoms with Crippen molar-refractivity contribution in [3.63, 3.8) is 0 Å². The van der Waals surface area contributed by atoms with Gasteiger partial charge in [0, 0.05) is 12.1 Å². The van der Waals surface area contributed by atoms with Gasteiger partial charge in [0.15, 0.2) is 0 Å². The normalized spacial score (nSPS) is 15.3. The van der Waals surface area contributed by atoms with Crippen molar-refractivity contribution in [1.29, 1.82) is 0 Å². The first-order chi connectivity index (χ1) is 10.6. The first-order valence-electron chi connectivity index (χ1n) is 7.47. The Balaban J connectivity index is 1.63. The number of aryl methyl sites for hydroxylation is 1. The number of anilines is 1. The Morgan fingerprint density at radius 1 is 1.32 bits per heavy atom. The summed E-state index contributed by atoms with van der Waals surface area (Å²) in [5, 5.41) is 14.1. The quantitative estimate of drug-likeness (QED) is 0.651. The van der Waals surface area contributed by atoms with Crippen molar-refractivity contribution < 1.29 is 4.92 Å². The van der Waals surface area contributed by atoms with Crippen molar-refractivity contribution in [3.8, 4) is 0 Å². The van der Waals surface area contributed by atoms with Crippen LogP contribution in [0, 0.1) is 22.5 Å². The Kier molecular flexibility index (Phi) is 3.79. The number of hydrogen-bond acceptors (Lipinski definition) is 4. The van der Waals surface area contributed by atoms with Gasteiger partial charge in [-0.1, -0.05) is 30.3 Å². The molecule has 1 fully saturated rings. The largest absolute Gasteiger partial charge is 0.369 e. The van der Waals surface area contributed by atoms with Gasteiger partial charge in [0.1, 0.15) is 12.0 Å². The SMILES string of the molecule is Cc1cc(NCC2(Cc3ccccc3)CC2)ncc1[N+](=O)[O-]. The summed E-state index contributed by atoms with van der Waals surface area (Å²) in [6, 6.07) is 12.2. The van der Waals surface area contributed by atoms with Gasteiger partial charge in [0.05, 0.1) is 4.92 Å². The highest BCUT2D eigenvalue weighted by Crippen LogP contribution is 2.48. The summed E-state index contributed by atoms with van der Waals surface area (Å²) in [7, 11) is 0. The molecule has 0 spiro atoms. The lowest BCUT2D eigenvalue weighted by molar-refractivity contribution is -0.385. The number of aromatic nitrogens is 1. The van der Waals surface area contributed by atoms with E-state index in [-0.39, 0.29) is 5.69 Å². The average Bonchev–Trinajstić information content (AvgIpc) is 3.26. The Bertz CT molecular complexity index is 682. The lowest BCUT2D eigenvalue weighted by Gasteiger charge is -2.16. The minimum Gasteiger partial charge on any atom is -0.369 e. The minimum atomic E-state index is -0.399. The average molecular weight is 297 g/mol. The Morgan fingerprint density at radius 2 is 2.05 bits per heavy atom. The molecule has 1 aliphatic carbocycles. The molecule has 1 saturated carbocycles. The summed E-state index contributed by atoms with van der Waals surface area (Å²) in [5.41, 5.74) is 2.36. The number of benzene rings is 1. The number of nitro groups is 1. The van der Waals surface area contributed by atoms with Crippen molar-refractivity contribution in [3.05, 3.63) is 63.8 Å². The molecular weight excluding hydrogens is 278 g/mol. The first-order valence-corrected chi connectivity index (χ1v) is 7.47. The molecule has 22 heavy (non-hydrogen) atoms. The smallest absolute Gasteiger partial charge is 0.290 e. The maximum atomic E-state index is 10.8. The van der Waals surface area contributed by atoms with Gasteiger partial charge in [-0.15, -0.1) is 0 Å². The molecular formula is C17H19N3O2. The topological polar surface area (TPSA) is 68.1 Å². The molecule has 2 aromatic rings. The van der Waals surface area contributed by atoms with Gasteiger partial charge in [-0.2, -0.15) is 0 Å². The summed E-state index contributed by atoms with van der Waals surface area (Å²) in [6.45, 7) is 2.59. The summed E-state index contributed by atoms with van der Waals surface area (Å²) in [5.74, 6) is 0.711.